The third-order valence-corrected chi connectivity index (χ3v) is 6.91. The van der Waals surface area contributed by atoms with E-state index >= 15 is 0 Å². The van der Waals surface area contributed by atoms with E-state index in [4.69, 9.17) is 0 Å². The number of carbonyl (C=O) groups excluding carboxylic acids is 1. The van der Waals surface area contributed by atoms with E-state index in [1.807, 2.05) is 51.4 Å². The van der Waals surface area contributed by atoms with Gasteiger partial charge in [0.05, 0.1) is 46.7 Å². The Kier molecular flexibility index (Phi) is 5.15. The molecule has 178 valence electrons. The predicted octanol–water partition coefficient (Wildman–Crippen LogP) is 6.28. The largest absolute Gasteiger partial charge is 0.352 e. The van der Waals surface area contributed by atoms with Crippen LogP contribution in [0.3, 0.4) is 0 Å². The van der Waals surface area contributed by atoms with Gasteiger partial charge in [-0.1, -0.05) is 26.8 Å². The van der Waals surface area contributed by atoms with Gasteiger partial charge in [-0.15, -0.1) is 11.3 Å². The van der Waals surface area contributed by atoms with Crippen LogP contribution in [0.5, 0.6) is 0 Å². The monoisotopic (exact) mass is 493 g/mol. The topological polar surface area (TPSA) is 112 Å². The van der Waals surface area contributed by atoms with Crippen molar-refractivity contribution in [3.8, 4) is 33.1 Å². The van der Waals surface area contributed by atoms with Crippen molar-refractivity contribution in [1.82, 2.24) is 30.1 Å². The van der Waals surface area contributed by atoms with Gasteiger partial charge in [-0.05, 0) is 29.6 Å². The van der Waals surface area contributed by atoms with Crippen LogP contribution in [0.15, 0.2) is 66.7 Å². The molecule has 36 heavy (non-hydrogen) atoms. The second-order valence-electron chi connectivity index (χ2n) is 9.66. The Morgan fingerprint density at radius 2 is 1.83 bits per heavy atom. The number of aromatic amines is 2. The van der Waals surface area contributed by atoms with E-state index < -0.39 is 5.41 Å². The van der Waals surface area contributed by atoms with Crippen LogP contribution < -0.4 is 5.32 Å². The second-order valence-corrected chi connectivity index (χ2v) is 10.6. The van der Waals surface area contributed by atoms with E-state index in [9.17, 15) is 4.79 Å². The number of carbonyl (C=O) groups is 1. The number of amides is 1. The smallest absolute Gasteiger partial charge is 0.229 e. The number of nitrogens with one attached hydrogen (secondary N) is 3. The Morgan fingerprint density at radius 1 is 0.972 bits per heavy atom. The van der Waals surface area contributed by atoms with Gasteiger partial charge in [0.15, 0.2) is 0 Å². The van der Waals surface area contributed by atoms with Gasteiger partial charge in [0.25, 0.3) is 0 Å². The summed E-state index contributed by atoms with van der Waals surface area (Å²) in [6, 6.07) is 10.1. The lowest BCUT2D eigenvalue weighted by atomic mass is 9.95. The molecular weight excluding hydrogens is 470 g/mol. The highest BCUT2D eigenvalue weighted by Gasteiger charge is 2.21. The fourth-order valence-electron chi connectivity index (χ4n) is 4.05. The number of H-pyrrole nitrogens is 2. The van der Waals surface area contributed by atoms with Crippen molar-refractivity contribution in [2.45, 2.75) is 20.8 Å². The Bertz CT molecular complexity index is 1720. The zero-order valence-electron chi connectivity index (χ0n) is 20.0. The Balaban J connectivity index is 1.40. The molecule has 6 aromatic rings. The van der Waals surface area contributed by atoms with E-state index in [0.717, 1.165) is 50.0 Å². The molecule has 0 fully saturated rings. The number of thiophene rings is 1. The second kappa shape index (κ2) is 8.39. The lowest BCUT2D eigenvalue weighted by molar-refractivity contribution is -0.123. The van der Waals surface area contributed by atoms with Crippen molar-refractivity contribution in [2.24, 2.45) is 5.41 Å². The van der Waals surface area contributed by atoms with Gasteiger partial charge < -0.3 is 10.3 Å². The molecule has 0 aliphatic carbocycles. The minimum Gasteiger partial charge on any atom is -0.352 e. The molecule has 6 aromatic heterocycles. The number of pyridine rings is 3. The van der Waals surface area contributed by atoms with E-state index in [1.54, 1.807) is 29.9 Å². The summed E-state index contributed by atoms with van der Waals surface area (Å²) in [5.41, 5.74) is 6.23. The molecule has 3 N–H and O–H groups in total. The van der Waals surface area contributed by atoms with Crippen LogP contribution in [0.2, 0.25) is 0 Å². The molecule has 0 saturated carbocycles. The number of hydrogen-bond acceptors (Lipinski definition) is 6. The van der Waals surface area contributed by atoms with Crippen LogP contribution in [-0.2, 0) is 4.79 Å². The quantitative estimate of drug-likeness (QED) is 0.268. The first-order chi connectivity index (χ1) is 17.4. The molecule has 0 bridgehead atoms. The lowest BCUT2D eigenvalue weighted by Crippen LogP contribution is -2.27. The fraction of sp³-hybridized carbons (Fsp3) is 0.148. The van der Waals surface area contributed by atoms with E-state index in [0.29, 0.717) is 5.69 Å². The molecule has 0 unspecified atom stereocenters. The van der Waals surface area contributed by atoms with Crippen LogP contribution in [0, 0.1) is 5.41 Å². The van der Waals surface area contributed by atoms with Gasteiger partial charge >= 0.3 is 0 Å². The van der Waals surface area contributed by atoms with Gasteiger partial charge in [-0.2, -0.15) is 5.10 Å². The summed E-state index contributed by atoms with van der Waals surface area (Å²) in [7, 11) is 0. The molecule has 1 amide bonds. The average Bonchev–Trinajstić information content (AvgIpc) is 3.62. The molecule has 0 radical (unpaired) electrons. The summed E-state index contributed by atoms with van der Waals surface area (Å²) in [6.07, 6.45) is 8.87. The van der Waals surface area contributed by atoms with Crippen LogP contribution in [-0.4, -0.2) is 36.0 Å². The van der Waals surface area contributed by atoms with Crippen molar-refractivity contribution in [3.63, 3.8) is 0 Å². The zero-order chi connectivity index (χ0) is 24.9. The van der Waals surface area contributed by atoms with Crippen molar-refractivity contribution in [1.29, 1.82) is 0 Å². The molecule has 6 heterocycles. The molecule has 0 aromatic carbocycles. The average molecular weight is 494 g/mol. The van der Waals surface area contributed by atoms with Gasteiger partial charge in [0, 0.05) is 44.6 Å². The van der Waals surface area contributed by atoms with Crippen molar-refractivity contribution in [3.05, 3.63) is 66.7 Å². The Hall–Kier alpha value is -4.37. The fourth-order valence-corrected chi connectivity index (χ4v) is 4.80. The van der Waals surface area contributed by atoms with E-state index in [2.05, 4.69) is 53.0 Å². The molecule has 0 aliphatic rings. The van der Waals surface area contributed by atoms with E-state index in [-0.39, 0.29) is 5.91 Å². The number of rotatable bonds is 4. The standard InChI is InChI=1S/C27H23N7OS/c1-27(2,3)26(35)31-16-7-15(10-28-11-16)20-9-18-23(14-30-20)33-34-25(18)21-8-17-19(24-5-4-6-36-24)12-29-13-22(17)32-21/h4-14,32H,1-3H3,(H,31,35)(H,33,34). The SMILES string of the molecule is CC(C)(C)C(=O)Nc1cncc(-c2cc3c(-c4cc5c(-c6cccs6)cncc5[nH]4)n[nH]c3cn2)c1. The van der Waals surface area contributed by atoms with Crippen LogP contribution in [0.1, 0.15) is 20.8 Å². The minimum atomic E-state index is -0.503. The summed E-state index contributed by atoms with van der Waals surface area (Å²) >= 11 is 1.69. The summed E-state index contributed by atoms with van der Waals surface area (Å²) in [4.78, 5) is 30.4. The Morgan fingerprint density at radius 3 is 2.64 bits per heavy atom. The van der Waals surface area contributed by atoms with Gasteiger partial charge in [-0.25, -0.2) is 0 Å². The van der Waals surface area contributed by atoms with Crippen molar-refractivity contribution < 1.29 is 4.79 Å². The van der Waals surface area contributed by atoms with Crippen LogP contribution >= 0.6 is 11.3 Å². The highest BCUT2D eigenvalue weighted by Crippen LogP contribution is 2.35. The van der Waals surface area contributed by atoms with Crippen LogP contribution in [0.4, 0.5) is 5.69 Å². The van der Waals surface area contributed by atoms with Crippen molar-refractivity contribution in [2.75, 3.05) is 5.32 Å². The highest BCUT2D eigenvalue weighted by molar-refractivity contribution is 7.13. The normalized spacial score (nSPS) is 11.9. The number of nitrogens with zero attached hydrogens (tertiary/aromatic N) is 4. The number of fused-ring (bicyclic) bond motifs is 2. The first-order valence-corrected chi connectivity index (χ1v) is 12.4. The summed E-state index contributed by atoms with van der Waals surface area (Å²) < 4.78 is 0. The first-order valence-electron chi connectivity index (χ1n) is 11.5. The van der Waals surface area contributed by atoms with Crippen LogP contribution in [0.25, 0.3) is 54.9 Å². The first kappa shape index (κ1) is 22.1. The third-order valence-electron chi connectivity index (χ3n) is 6.01. The molecule has 0 spiro atoms. The number of hydrogen-bond donors (Lipinski definition) is 3. The minimum absolute atomic E-state index is 0.0720. The summed E-state index contributed by atoms with van der Waals surface area (Å²) in [5, 5.41) is 14.7. The van der Waals surface area contributed by atoms with Gasteiger partial charge in [0.1, 0.15) is 5.69 Å². The molecule has 0 aliphatic heterocycles. The number of aromatic nitrogens is 6. The third kappa shape index (κ3) is 3.93. The maximum atomic E-state index is 12.4. The van der Waals surface area contributed by atoms with E-state index in [1.165, 1.54) is 4.88 Å². The lowest BCUT2D eigenvalue weighted by Gasteiger charge is -2.17. The highest BCUT2D eigenvalue weighted by atomic mass is 32.1. The molecule has 0 saturated heterocycles. The van der Waals surface area contributed by atoms with Gasteiger partial charge in [0.2, 0.25) is 5.91 Å². The maximum Gasteiger partial charge on any atom is 0.229 e. The predicted molar refractivity (Wildman–Crippen MR) is 144 cm³/mol. The molecular formula is C27H23N7OS. The molecule has 9 heteroatoms. The van der Waals surface area contributed by atoms with Gasteiger partial charge in [-0.3, -0.25) is 24.8 Å². The maximum absolute atomic E-state index is 12.4. The summed E-state index contributed by atoms with van der Waals surface area (Å²) in [5.74, 6) is -0.0720. The zero-order valence-corrected chi connectivity index (χ0v) is 20.8. The molecule has 0 atom stereocenters. The molecule has 6 rings (SSSR count). The summed E-state index contributed by atoms with van der Waals surface area (Å²) in [6.45, 7) is 5.62. The number of anilines is 1. The molecule has 8 nitrogen and oxygen atoms in total. The van der Waals surface area contributed by atoms with Crippen molar-refractivity contribution >= 4 is 44.7 Å². The Labute approximate surface area is 210 Å².